The van der Waals surface area contributed by atoms with Crippen LogP contribution >= 0.6 is 0 Å². The molecule has 0 bridgehead atoms. The molecule has 2 aliphatic rings. The number of hydrogen-bond donors (Lipinski definition) is 2. The second-order valence-corrected chi connectivity index (χ2v) is 12.1. The van der Waals surface area contributed by atoms with Crippen molar-refractivity contribution in [1.82, 2.24) is 15.5 Å². The minimum absolute atomic E-state index is 0.125. The Morgan fingerprint density at radius 1 is 1.02 bits per heavy atom. The summed E-state index contributed by atoms with van der Waals surface area (Å²) in [7, 11) is 2.24. The molecule has 2 saturated heterocycles. The third-order valence-corrected chi connectivity index (χ3v) is 8.12. The number of benzene rings is 3. The van der Waals surface area contributed by atoms with Crippen molar-refractivity contribution in [2.45, 2.75) is 38.8 Å². The summed E-state index contributed by atoms with van der Waals surface area (Å²) in [6.45, 7) is 10.8. The predicted molar refractivity (Wildman–Crippen MR) is 164 cm³/mol. The standard InChI is InChI=1S/C32H39FN4O2.C2HF3O2/c1-24-21-36(12-11-34-24)22-26-5-3-7-28(17-26)30-19-25(9-10-31(30)33)20-35-32(38)29-8-4-6-27(18-29)23-37(2)13-15-39-16-14-37;3-2(4,5)1(6)7/h3-10,17-19,24,34H,11-16,20-23H2,1-2H3;(H,6,7)/t24-;/m0./s1. The maximum Gasteiger partial charge on any atom is 0.430 e. The summed E-state index contributed by atoms with van der Waals surface area (Å²) in [6.07, 6.45) is -5.19. The predicted octanol–water partition coefficient (Wildman–Crippen LogP) is 3.49. The highest BCUT2D eigenvalue weighted by molar-refractivity contribution is 5.94. The Labute approximate surface area is 266 Å². The van der Waals surface area contributed by atoms with Crippen LogP contribution in [0.15, 0.2) is 66.7 Å². The summed E-state index contributed by atoms with van der Waals surface area (Å²) < 4.78 is 52.9. The van der Waals surface area contributed by atoms with Gasteiger partial charge in [-0.1, -0.05) is 36.4 Å². The summed E-state index contributed by atoms with van der Waals surface area (Å²) in [5.74, 6) is -3.39. The van der Waals surface area contributed by atoms with E-state index in [1.54, 1.807) is 6.07 Å². The number of alkyl halides is 3. The second kappa shape index (κ2) is 15.6. The quantitative estimate of drug-likeness (QED) is 0.288. The number of ether oxygens (including phenoxy) is 1. The van der Waals surface area contributed by atoms with E-state index in [2.05, 4.69) is 47.7 Å². The van der Waals surface area contributed by atoms with Crippen LogP contribution in [0.1, 0.15) is 34.0 Å². The first-order valence-corrected chi connectivity index (χ1v) is 15.2. The van der Waals surface area contributed by atoms with E-state index in [-0.39, 0.29) is 11.7 Å². The average Bonchev–Trinajstić information content (AvgIpc) is 3.01. The average molecular weight is 645 g/mol. The molecule has 248 valence electrons. The first-order chi connectivity index (χ1) is 21.8. The molecule has 0 saturated carbocycles. The monoisotopic (exact) mass is 644 g/mol. The number of nitrogens with zero attached hydrogens (tertiary/aromatic N) is 2. The third-order valence-electron chi connectivity index (χ3n) is 8.12. The number of rotatable bonds is 8. The van der Waals surface area contributed by atoms with Gasteiger partial charge in [0.2, 0.25) is 0 Å². The number of amides is 1. The van der Waals surface area contributed by atoms with Gasteiger partial charge in [0.1, 0.15) is 31.4 Å². The summed E-state index contributed by atoms with van der Waals surface area (Å²) >= 11 is 0. The molecule has 0 radical (unpaired) electrons. The Hall–Kier alpha value is -3.84. The van der Waals surface area contributed by atoms with Crippen molar-refractivity contribution < 1.29 is 41.5 Å². The van der Waals surface area contributed by atoms with Crippen LogP contribution in [0.3, 0.4) is 0 Å². The van der Waals surface area contributed by atoms with E-state index in [1.807, 2.05) is 36.4 Å². The Balaban J connectivity index is 0.000000617. The van der Waals surface area contributed by atoms with Crippen LogP contribution in [0, 0.1) is 5.82 Å². The van der Waals surface area contributed by atoms with Gasteiger partial charge < -0.3 is 29.8 Å². The van der Waals surface area contributed by atoms with Gasteiger partial charge in [-0.3, -0.25) is 9.69 Å². The van der Waals surface area contributed by atoms with Crippen LogP contribution in [-0.2, 0) is 29.2 Å². The number of carbonyl (C=O) groups is 2. The minimum atomic E-state index is -5.19. The van der Waals surface area contributed by atoms with E-state index in [0.29, 0.717) is 23.7 Å². The minimum Gasteiger partial charge on any atom is -0.542 e. The molecule has 2 heterocycles. The normalized spacial score (nSPS) is 18.3. The molecule has 2 N–H and O–H groups in total. The van der Waals surface area contributed by atoms with Crippen molar-refractivity contribution in [1.29, 1.82) is 0 Å². The summed E-state index contributed by atoms with van der Waals surface area (Å²) in [6, 6.07) is 21.5. The molecular weight excluding hydrogens is 604 g/mol. The number of carboxylic acid groups (broad SMARTS) is 1. The lowest BCUT2D eigenvalue weighted by molar-refractivity contribution is -0.929. The molecule has 3 aromatic carbocycles. The zero-order valence-electron chi connectivity index (χ0n) is 26.0. The van der Waals surface area contributed by atoms with Crippen LogP contribution in [0.25, 0.3) is 11.1 Å². The number of morpholine rings is 1. The summed E-state index contributed by atoms with van der Waals surface area (Å²) in [5.41, 5.74) is 5.24. The number of carboxylic acids is 1. The van der Waals surface area contributed by atoms with Crippen molar-refractivity contribution in [3.8, 4) is 11.1 Å². The number of quaternary nitrogens is 1. The van der Waals surface area contributed by atoms with Crippen molar-refractivity contribution in [3.05, 3.63) is 94.8 Å². The molecular formula is C34H40F4N4O4. The second-order valence-electron chi connectivity index (χ2n) is 12.1. The molecule has 2 aliphatic heterocycles. The molecule has 1 atom stereocenters. The van der Waals surface area contributed by atoms with Crippen molar-refractivity contribution >= 4 is 11.9 Å². The molecule has 1 amide bonds. The van der Waals surface area contributed by atoms with Gasteiger partial charge in [0.25, 0.3) is 5.91 Å². The van der Waals surface area contributed by atoms with Crippen LogP contribution < -0.4 is 15.7 Å². The lowest BCUT2D eigenvalue weighted by Gasteiger charge is -2.37. The fraction of sp³-hybridized carbons (Fsp3) is 0.412. The fourth-order valence-electron chi connectivity index (χ4n) is 5.63. The van der Waals surface area contributed by atoms with E-state index in [0.717, 1.165) is 80.2 Å². The van der Waals surface area contributed by atoms with Crippen molar-refractivity contribution in [2.75, 3.05) is 53.0 Å². The number of piperazine rings is 1. The fourth-order valence-corrected chi connectivity index (χ4v) is 5.63. The van der Waals surface area contributed by atoms with E-state index in [1.165, 1.54) is 11.6 Å². The molecule has 3 aromatic rings. The van der Waals surface area contributed by atoms with Gasteiger partial charge >= 0.3 is 6.18 Å². The molecule has 0 aliphatic carbocycles. The smallest absolute Gasteiger partial charge is 0.430 e. The number of hydrogen-bond acceptors (Lipinski definition) is 6. The van der Waals surface area contributed by atoms with Gasteiger partial charge in [0.15, 0.2) is 0 Å². The Kier molecular flexibility index (Phi) is 11.9. The zero-order valence-corrected chi connectivity index (χ0v) is 26.0. The van der Waals surface area contributed by atoms with Gasteiger partial charge in [-0.05, 0) is 53.9 Å². The van der Waals surface area contributed by atoms with Crippen LogP contribution in [0.4, 0.5) is 17.6 Å². The number of nitrogens with one attached hydrogen (secondary N) is 2. The maximum absolute atomic E-state index is 14.9. The van der Waals surface area contributed by atoms with Crippen LogP contribution in [0.2, 0.25) is 0 Å². The molecule has 12 heteroatoms. The van der Waals surface area contributed by atoms with Gasteiger partial charge in [0.05, 0.1) is 20.3 Å². The van der Waals surface area contributed by atoms with Crippen LogP contribution in [0.5, 0.6) is 0 Å². The van der Waals surface area contributed by atoms with Crippen molar-refractivity contribution in [3.63, 3.8) is 0 Å². The SMILES string of the molecule is C[C@H]1CN(Cc2cccc(-c3cc(CNC(=O)c4cccc(C[N+]5(C)CCOCC5)c4)ccc3F)c2)CCN1.O=C([O-])C(F)(F)F. The highest BCUT2D eigenvalue weighted by Crippen LogP contribution is 2.26. The Morgan fingerprint density at radius 3 is 2.41 bits per heavy atom. The number of likely N-dealkylation sites (N-methyl/N-ethyl adjacent to an activating group) is 1. The van der Waals surface area contributed by atoms with E-state index >= 15 is 0 Å². The molecule has 8 nitrogen and oxygen atoms in total. The molecule has 0 unspecified atom stereocenters. The first-order valence-electron chi connectivity index (χ1n) is 15.2. The van der Waals surface area contributed by atoms with Gasteiger partial charge in [-0.25, -0.2) is 4.39 Å². The topological polar surface area (TPSA) is 93.7 Å². The van der Waals surface area contributed by atoms with Gasteiger partial charge in [-0.15, -0.1) is 0 Å². The largest absolute Gasteiger partial charge is 0.542 e. The number of aliphatic carboxylic acids is 1. The lowest BCUT2D eigenvalue weighted by Crippen LogP contribution is -2.51. The molecule has 5 rings (SSSR count). The maximum atomic E-state index is 14.9. The molecule has 0 aromatic heterocycles. The third kappa shape index (κ3) is 10.3. The van der Waals surface area contributed by atoms with Crippen LogP contribution in [-0.4, -0.2) is 86.5 Å². The Bertz CT molecular complexity index is 1490. The number of carbonyl (C=O) groups excluding carboxylic acids is 2. The Morgan fingerprint density at radius 2 is 1.72 bits per heavy atom. The highest BCUT2D eigenvalue weighted by Gasteiger charge is 2.29. The summed E-state index contributed by atoms with van der Waals surface area (Å²) in [5, 5.41) is 15.3. The molecule has 2 fully saturated rings. The summed E-state index contributed by atoms with van der Waals surface area (Å²) in [4.78, 5) is 24.2. The van der Waals surface area contributed by atoms with E-state index in [9.17, 15) is 22.4 Å². The van der Waals surface area contributed by atoms with Gasteiger partial charge in [0, 0.05) is 55.5 Å². The van der Waals surface area contributed by atoms with Crippen molar-refractivity contribution in [2.24, 2.45) is 0 Å². The first kappa shape index (κ1) is 35.0. The highest BCUT2D eigenvalue weighted by atomic mass is 19.4. The molecule has 0 spiro atoms. The number of halogens is 4. The zero-order chi connectivity index (χ0) is 33.3. The lowest BCUT2D eigenvalue weighted by atomic mass is 10.00. The van der Waals surface area contributed by atoms with E-state index in [4.69, 9.17) is 14.6 Å². The van der Waals surface area contributed by atoms with Gasteiger partial charge in [-0.2, -0.15) is 13.2 Å². The molecule has 46 heavy (non-hydrogen) atoms. The van der Waals surface area contributed by atoms with E-state index < -0.39 is 12.1 Å².